The Kier molecular flexibility index (Phi) is 3.80. The monoisotopic (exact) mass is 367 g/mol. The molecule has 27 heavy (non-hydrogen) atoms. The number of hydrogen-bond acceptors (Lipinski definition) is 6. The fraction of sp³-hybridized carbons (Fsp3) is 0.368. The predicted octanol–water partition coefficient (Wildman–Crippen LogP) is 1.53. The molecule has 0 saturated carbocycles. The molecule has 2 atom stereocenters. The zero-order valence-electron chi connectivity index (χ0n) is 15.7. The lowest BCUT2D eigenvalue weighted by Gasteiger charge is -2.39. The van der Waals surface area contributed by atoms with Crippen molar-refractivity contribution in [1.82, 2.24) is 14.7 Å². The van der Waals surface area contributed by atoms with Crippen LogP contribution in [0.15, 0.2) is 41.2 Å². The van der Waals surface area contributed by atoms with E-state index in [1.54, 1.807) is 7.05 Å². The van der Waals surface area contributed by atoms with E-state index in [2.05, 4.69) is 0 Å². The second-order valence-electron chi connectivity index (χ2n) is 7.11. The maximum Gasteiger partial charge on any atom is 0.328 e. The van der Waals surface area contributed by atoms with Crippen LogP contribution in [0.5, 0.6) is 0 Å². The minimum absolute atomic E-state index is 0.224. The van der Waals surface area contributed by atoms with Crippen LogP contribution in [0.2, 0.25) is 0 Å². The molecule has 8 heteroatoms. The molecule has 0 N–H and O–H groups in total. The molecule has 1 fully saturated rings. The van der Waals surface area contributed by atoms with Gasteiger partial charge in [0.15, 0.2) is 12.2 Å². The first-order valence-corrected chi connectivity index (χ1v) is 8.79. The normalized spacial score (nSPS) is 24.1. The lowest BCUT2D eigenvalue weighted by molar-refractivity contribution is -0.139. The number of guanidine groups is 1. The van der Waals surface area contributed by atoms with Gasteiger partial charge >= 0.3 is 6.03 Å². The molecule has 0 bridgehead atoms. The molecule has 140 valence electrons. The minimum Gasteiger partial charge on any atom is -0.302 e. The highest BCUT2D eigenvalue weighted by Gasteiger charge is 2.54. The van der Waals surface area contributed by atoms with Crippen molar-refractivity contribution in [3.63, 3.8) is 0 Å². The fourth-order valence-corrected chi connectivity index (χ4v) is 3.83. The molecule has 3 amide bonds. The lowest BCUT2D eigenvalue weighted by atomic mass is 10.1. The Morgan fingerprint density at radius 2 is 1.89 bits per heavy atom. The first-order valence-electron chi connectivity index (χ1n) is 8.79. The van der Waals surface area contributed by atoms with Crippen molar-refractivity contribution >= 4 is 29.4 Å². The maximum absolute atomic E-state index is 13.0. The highest BCUT2D eigenvalue weighted by atomic mass is 16.2. The van der Waals surface area contributed by atoms with Crippen LogP contribution >= 0.6 is 0 Å². The van der Waals surface area contributed by atoms with E-state index in [-0.39, 0.29) is 12.3 Å². The first kappa shape index (κ1) is 17.3. The molecule has 3 aliphatic rings. The van der Waals surface area contributed by atoms with Gasteiger partial charge in [0, 0.05) is 18.9 Å². The van der Waals surface area contributed by atoms with Gasteiger partial charge in [-0.3, -0.25) is 19.4 Å². The summed E-state index contributed by atoms with van der Waals surface area (Å²) < 4.78 is 0. The van der Waals surface area contributed by atoms with Crippen LogP contribution in [0.25, 0.3) is 0 Å². The van der Waals surface area contributed by atoms with Crippen molar-refractivity contribution in [2.45, 2.75) is 33.0 Å². The number of carbonyl (C=O) groups is 3. The Morgan fingerprint density at radius 3 is 2.56 bits per heavy atom. The fourth-order valence-electron chi connectivity index (χ4n) is 3.83. The van der Waals surface area contributed by atoms with Crippen LogP contribution in [0.4, 0.5) is 10.5 Å². The Morgan fingerprint density at radius 1 is 1.19 bits per heavy atom. The average molecular weight is 367 g/mol. The zero-order valence-corrected chi connectivity index (χ0v) is 15.7. The minimum atomic E-state index is -0.661. The molecule has 2 unspecified atom stereocenters. The topological polar surface area (TPSA) is 76.5 Å². The second-order valence-corrected chi connectivity index (χ2v) is 7.11. The standard InChI is InChI=1S/C19H21N5O3/c1-11-7-5-6-8-14(11)24-12(2)9-22-15-16(20-18(22)24)21(4)19(27)23(17(15)26)10-13(3)25/h5-9,15-16H,10H2,1-4H3. The highest BCUT2D eigenvalue weighted by Crippen LogP contribution is 2.37. The van der Waals surface area contributed by atoms with Gasteiger partial charge < -0.3 is 9.80 Å². The van der Waals surface area contributed by atoms with Gasteiger partial charge in [0.1, 0.15) is 5.78 Å². The van der Waals surface area contributed by atoms with Gasteiger partial charge in [-0.1, -0.05) is 18.2 Å². The van der Waals surface area contributed by atoms with Gasteiger partial charge in [-0.25, -0.2) is 9.79 Å². The third-order valence-corrected chi connectivity index (χ3v) is 5.13. The zero-order chi connectivity index (χ0) is 19.5. The summed E-state index contributed by atoms with van der Waals surface area (Å²) in [6.07, 6.45) is 1.27. The van der Waals surface area contributed by atoms with E-state index in [1.807, 2.05) is 54.1 Å². The summed E-state index contributed by atoms with van der Waals surface area (Å²) >= 11 is 0. The lowest BCUT2D eigenvalue weighted by Crippen LogP contribution is -2.64. The van der Waals surface area contributed by atoms with E-state index < -0.39 is 24.1 Å². The number of carbonyl (C=O) groups excluding carboxylic acids is 3. The molecule has 4 rings (SSSR count). The molecular weight excluding hydrogens is 346 g/mol. The van der Waals surface area contributed by atoms with Gasteiger partial charge in [0.2, 0.25) is 5.96 Å². The summed E-state index contributed by atoms with van der Waals surface area (Å²) in [4.78, 5) is 48.1. The summed E-state index contributed by atoms with van der Waals surface area (Å²) in [5, 5.41) is 0. The van der Waals surface area contributed by atoms with Crippen LogP contribution in [-0.2, 0) is 9.59 Å². The molecule has 0 aromatic heterocycles. The number of nitrogens with zero attached hydrogens (tertiary/aromatic N) is 5. The highest BCUT2D eigenvalue weighted by molar-refractivity contribution is 6.10. The van der Waals surface area contributed by atoms with Gasteiger partial charge in [-0.2, -0.15) is 0 Å². The number of likely N-dealkylation sites (N-methyl/N-ethyl adjacent to an activating group) is 1. The van der Waals surface area contributed by atoms with Crippen LogP contribution in [0.1, 0.15) is 19.4 Å². The van der Waals surface area contributed by atoms with E-state index in [0.29, 0.717) is 5.96 Å². The summed E-state index contributed by atoms with van der Waals surface area (Å²) in [5.41, 5.74) is 3.00. The number of fused-ring (bicyclic) bond motifs is 3. The van der Waals surface area contributed by atoms with Gasteiger partial charge in [-0.15, -0.1) is 0 Å². The smallest absolute Gasteiger partial charge is 0.302 e. The molecule has 1 aromatic rings. The van der Waals surface area contributed by atoms with Crippen molar-refractivity contribution in [1.29, 1.82) is 0 Å². The number of urea groups is 1. The number of aliphatic imine (C=N–C) groups is 1. The molecule has 3 aliphatic heterocycles. The third-order valence-electron chi connectivity index (χ3n) is 5.13. The van der Waals surface area contributed by atoms with Crippen molar-refractivity contribution in [2.24, 2.45) is 4.99 Å². The molecule has 0 radical (unpaired) electrons. The first-order chi connectivity index (χ1) is 12.8. The average Bonchev–Trinajstić information content (AvgIpc) is 3.12. The van der Waals surface area contributed by atoms with Crippen LogP contribution < -0.4 is 4.90 Å². The second kappa shape index (κ2) is 5.94. The van der Waals surface area contributed by atoms with Crippen LogP contribution in [0, 0.1) is 6.92 Å². The number of aryl methyl sites for hydroxylation is 1. The van der Waals surface area contributed by atoms with Crippen molar-refractivity contribution in [3.05, 3.63) is 41.7 Å². The summed E-state index contributed by atoms with van der Waals surface area (Å²) in [6, 6.07) is 6.78. The molecule has 1 saturated heterocycles. The number of amides is 3. The van der Waals surface area contributed by atoms with E-state index >= 15 is 0 Å². The summed E-state index contributed by atoms with van der Waals surface area (Å²) in [6.45, 7) is 5.11. The number of benzene rings is 1. The maximum atomic E-state index is 13.0. The quantitative estimate of drug-likeness (QED) is 0.810. The number of hydrogen-bond donors (Lipinski definition) is 0. The Bertz CT molecular complexity index is 922. The van der Waals surface area contributed by atoms with Crippen molar-refractivity contribution < 1.29 is 14.4 Å². The number of anilines is 1. The predicted molar refractivity (Wildman–Crippen MR) is 99.8 cm³/mol. The summed E-state index contributed by atoms with van der Waals surface area (Å²) in [7, 11) is 1.61. The Hall–Kier alpha value is -3.16. The molecule has 0 spiro atoms. The Labute approximate surface area is 157 Å². The molecule has 0 aliphatic carbocycles. The van der Waals surface area contributed by atoms with Gasteiger partial charge in [0.25, 0.3) is 5.91 Å². The molecule has 1 aromatic carbocycles. The van der Waals surface area contributed by atoms with Gasteiger partial charge in [0.05, 0.1) is 12.2 Å². The van der Waals surface area contributed by atoms with E-state index in [9.17, 15) is 14.4 Å². The largest absolute Gasteiger partial charge is 0.328 e. The molecule has 3 heterocycles. The number of para-hydroxylation sites is 1. The number of imide groups is 1. The van der Waals surface area contributed by atoms with E-state index in [1.165, 1.54) is 11.8 Å². The van der Waals surface area contributed by atoms with Crippen molar-refractivity contribution in [3.8, 4) is 0 Å². The molecule has 8 nitrogen and oxygen atoms in total. The van der Waals surface area contributed by atoms with Gasteiger partial charge in [-0.05, 0) is 32.4 Å². The van der Waals surface area contributed by atoms with E-state index in [4.69, 9.17) is 4.99 Å². The Balaban J connectivity index is 1.74. The molecular formula is C19H21N5O3. The van der Waals surface area contributed by atoms with Crippen LogP contribution in [0.3, 0.4) is 0 Å². The number of ketones is 1. The van der Waals surface area contributed by atoms with Crippen LogP contribution in [-0.4, -0.2) is 64.2 Å². The number of rotatable bonds is 3. The SMILES string of the molecule is CC(=O)CN1C(=O)C2C(N=C3N(c4ccccc4C)C(C)=CN32)N(C)C1=O. The number of Topliss-reactive ketones (excluding diaryl/α,β-unsaturated/α-hetero) is 1. The van der Waals surface area contributed by atoms with Crippen molar-refractivity contribution in [2.75, 3.05) is 18.5 Å². The third kappa shape index (κ3) is 2.43. The summed E-state index contributed by atoms with van der Waals surface area (Å²) in [5.74, 6) is -0.0143. The number of allylic oxidation sites excluding steroid dienone is 1. The van der Waals surface area contributed by atoms with E-state index in [0.717, 1.165) is 21.8 Å².